The van der Waals surface area contributed by atoms with Crippen LogP contribution in [-0.4, -0.2) is 21.3 Å². The average Bonchev–Trinajstić information content (AvgIpc) is 2.83. The first-order valence-corrected chi connectivity index (χ1v) is 7.19. The fraction of sp³-hybridized carbons (Fsp3) is 0.235. The Kier molecular flexibility index (Phi) is 4.25. The Morgan fingerprint density at radius 1 is 1.13 bits per heavy atom. The molecule has 0 fully saturated rings. The second kappa shape index (κ2) is 6.34. The highest BCUT2D eigenvalue weighted by Crippen LogP contribution is 2.23. The molecule has 3 aromatic rings. The Hall–Kier alpha value is -2.47. The number of aryl methyl sites for hydroxylation is 1. The fourth-order valence-electron chi connectivity index (χ4n) is 2.58. The van der Waals surface area contributed by atoms with Gasteiger partial charge in [-0.2, -0.15) is 8.78 Å². The van der Waals surface area contributed by atoms with Crippen molar-refractivity contribution in [2.75, 3.05) is 0 Å². The van der Waals surface area contributed by atoms with Crippen molar-refractivity contribution in [3.05, 3.63) is 59.9 Å². The van der Waals surface area contributed by atoms with Crippen molar-refractivity contribution in [2.24, 2.45) is 0 Å². The zero-order valence-corrected chi connectivity index (χ0v) is 12.5. The standard InChI is InChI=1S/C17H16F2N2O2/c1-11-20-14-4-2-3-5-15(14)21(11)10-16(22)12-6-8-13(9-7-12)23-17(18)19/h2-9,16-17,22H,10H2,1H3/t16-/m0/s1. The molecule has 4 nitrogen and oxygen atoms in total. The molecule has 3 rings (SSSR count). The van der Waals surface area contributed by atoms with Gasteiger partial charge in [0, 0.05) is 0 Å². The van der Waals surface area contributed by atoms with Crippen molar-refractivity contribution < 1.29 is 18.6 Å². The molecule has 23 heavy (non-hydrogen) atoms. The quantitative estimate of drug-likeness (QED) is 0.780. The number of aliphatic hydroxyl groups is 1. The molecule has 1 heterocycles. The normalized spacial score (nSPS) is 12.7. The molecule has 1 atom stereocenters. The molecule has 1 N–H and O–H groups in total. The number of nitrogens with zero attached hydrogens (tertiary/aromatic N) is 2. The van der Waals surface area contributed by atoms with Crippen LogP contribution in [0.1, 0.15) is 17.5 Å². The van der Waals surface area contributed by atoms with Gasteiger partial charge in [0.15, 0.2) is 0 Å². The van der Waals surface area contributed by atoms with Crippen LogP contribution < -0.4 is 4.74 Å². The summed E-state index contributed by atoms with van der Waals surface area (Å²) in [6.45, 7) is -0.640. The van der Waals surface area contributed by atoms with E-state index in [-0.39, 0.29) is 5.75 Å². The summed E-state index contributed by atoms with van der Waals surface area (Å²) >= 11 is 0. The Labute approximate surface area is 132 Å². The molecular formula is C17H16F2N2O2. The van der Waals surface area contributed by atoms with Gasteiger partial charge in [-0.25, -0.2) is 4.98 Å². The van der Waals surface area contributed by atoms with Gasteiger partial charge in [-0.3, -0.25) is 0 Å². The number of hydrogen-bond donors (Lipinski definition) is 1. The van der Waals surface area contributed by atoms with E-state index >= 15 is 0 Å². The second-order valence-electron chi connectivity index (χ2n) is 5.22. The van der Waals surface area contributed by atoms with Gasteiger partial charge in [-0.05, 0) is 36.8 Å². The van der Waals surface area contributed by atoms with E-state index in [1.54, 1.807) is 12.1 Å². The lowest BCUT2D eigenvalue weighted by Crippen LogP contribution is -2.10. The molecule has 1 aromatic heterocycles. The van der Waals surface area contributed by atoms with Crippen molar-refractivity contribution in [3.8, 4) is 5.75 Å². The first-order chi connectivity index (χ1) is 11.0. The molecule has 0 radical (unpaired) electrons. The average molecular weight is 318 g/mol. The second-order valence-corrected chi connectivity index (χ2v) is 5.22. The number of benzene rings is 2. The van der Waals surface area contributed by atoms with Crippen LogP contribution in [0.25, 0.3) is 11.0 Å². The highest BCUT2D eigenvalue weighted by atomic mass is 19.3. The zero-order valence-electron chi connectivity index (χ0n) is 12.5. The Morgan fingerprint density at radius 2 is 1.83 bits per heavy atom. The van der Waals surface area contributed by atoms with Crippen LogP contribution in [-0.2, 0) is 6.54 Å². The minimum absolute atomic E-state index is 0.0696. The molecule has 0 spiro atoms. The third kappa shape index (κ3) is 3.32. The van der Waals surface area contributed by atoms with E-state index < -0.39 is 12.7 Å². The van der Waals surface area contributed by atoms with E-state index in [4.69, 9.17) is 0 Å². The topological polar surface area (TPSA) is 47.3 Å². The van der Waals surface area contributed by atoms with Crippen molar-refractivity contribution in [2.45, 2.75) is 26.2 Å². The van der Waals surface area contributed by atoms with Gasteiger partial charge in [0.25, 0.3) is 0 Å². The lowest BCUT2D eigenvalue weighted by molar-refractivity contribution is -0.0498. The smallest absolute Gasteiger partial charge is 0.387 e. The number of hydrogen-bond acceptors (Lipinski definition) is 3. The first-order valence-electron chi connectivity index (χ1n) is 7.19. The number of rotatable bonds is 5. The zero-order chi connectivity index (χ0) is 16.4. The molecule has 0 amide bonds. The molecular weight excluding hydrogens is 302 g/mol. The first kappa shape index (κ1) is 15.4. The van der Waals surface area contributed by atoms with Crippen LogP contribution in [0, 0.1) is 6.92 Å². The van der Waals surface area contributed by atoms with Crippen LogP contribution in [0.4, 0.5) is 8.78 Å². The largest absolute Gasteiger partial charge is 0.435 e. The number of ether oxygens (including phenoxy) is 1. The van der Waals surface area contributed by atoms with E-state index in [9.17, 15) is 13.9 Å². The highest BCUT2D eigenvalue weighted by molar-refractivity contribution is 5.75. The summed E-state index contributed by atoms with van der Waals surface area (Å²) in [5, 5.41) is 10.4. The lowest BCUT2D eigenvalue weighted by Gasteiger charge is -2.14. The van der Waals surface area contributed by atoms with Crippen LogP contribution in [0.2, 0.25) is 0 Å². The maximum atomic E-state index is 12.1. The van der Waals surface area contributed by atoms with Gasteiger partial charge in [-0.15, -0.1) is 0 Å². The summed E-state index contributed by atoms with van der Waals surface area (Å²) in [6, 6.07) is 13.7. The minimum atomic E-state index is -2.86. The van der Waals surface area contributed by atoms with Gasteiger partial charge >= 0.3 is 6.61 Å². The van der Waals surface area contributed by atoms with Gasteiger partial charge in [-0.1, -0.05) is 24.3 Å². The number of halogens is 2. The Balaban J connectivity index is 1.80. The van der Waals surface area contributed by atoms with E-state index in [0.717, 1.165) is 16.9 Å². The maximum absolute atomic E-state index is 12.1. The monoisotopic (exact) mass is 318 g/mol. The summed E-state index contributed by atoms with van der Waals surface area (Å²) < 4.78 is 30.5. The number of imidazole rings is 1. The van der Waals surface area contributed by atoms with Crippen molar-refractivity contribution in [3.63, 3.8) is 0 Å². The van der Waals surface area contributed by atoms with Crippen molar-refractivity contribution >= 4 is 11.0 Å². The van der Waals surface area contributed by atoms with Gasteiger partial charge in [0.2, 0.25) is 0 Å². The molecule has 0 aliphatic heterocycles. The highest BCUT2D eigenvalue weighted by Gasteiger charge is 2.14. The summed E-state index contributed by atoms with van der Waals surface area (Å²) in [5.74, 6) is 0.878. The van der Waals surface area contributed by atoms with E-state index in [2.05, 4.69) is 9.72 Å². The molecule has 0 aliphatic rings. The number of alkyl halides is 2. The lowest BCUT2D eigenvalue weighted by atomic mass is 10.1. The number of aromatic nitrogens is 2. The Bertz CT molecular complexity index is 800. The summed E-state index contributed by atoms with van der Waals surface area (Å²) in [4.78, 5) is 4.46. The molecule has 6 heteroatoms. The fourth-order valence-corrected chi connectivity index (χ4v) is 2.58. The molecule has 0 saturated carbocycles. The van der Waals surface area contributed by atoms with E-state index in [1.165, 1.54) is 12.1 Å². The molecule has 0 aliphatic carbocycles. The van der Waals surface area contributed by atoms with Crippen LogP contribution >= 0.6 is 0 Å². The summed E-state index contributed by atoms with van der Waals surface area (Å²) in [5.41, 5.74) is 2.45. The van der Waals surface area contributed by atoms with Crippen LogP contribution in [0.5, 0.6) is 5.75 Å². The van der Waals surface area contributed by atoms with Crippen LogP contribution in [0.3, 0.4) is 0 Å². The SMILES string of the molecule is Cc1nc2ccccc2n1C[C@H](O)c1ccc(OC(F)F)cc1. The minimum Gasteiger partial charge on any atom is -0.435 e. The molecule has 120 valence electrons. The molecule has 2 aromatic carbocycles. The predicted octanol–water partition coefficient (Wildman–Crippen LogP) is 3.68. The van der Waals surface area contributed by atoms with Crippen LogP contribution in [0.15, 0.2) is 48.5 Å². The predicted molar refractivity (Wildman–Crippen MR) is 82.5 cm³/mol. The molecule has 0 unspecified atom stereocenters. The number of aliphatic hydroxyl groups excluding tert-OH is 1. The van der Waals surface area contributed by atoms with Crippen molar-refractivity contribution in [1.29, 1.82) is 0 Å². The number of fused-ring (bicyclic) bond motifs is 1. The Morgan fingerprint density at radius 3 is 2.52 bits per heavy atom. The third-order valence-corrected chi connectivity index (χ3v) is 3.69. The van der Waals surface area contributed by atoms with E-state index in [0.29, 0.717) is 12.1 Å². The molecule has 0 bridgehead atoms. The molecule has 0 saturated heterocycles. The third-order valence-electron chi connectivity index (χ3n) is 3.69. The summed E-state index contributed by atoms with van der Waals surface area (Å²) in [7, 11) is 0. The van der Waals surface area contributed by atoms with Gasteiger partial charge in [0.1, 0.15) is 11.6 Å². The van der Waals surface area contributed by atoms with Gasteiger partial charge < -0.3 is 14.4 Å². The maximum Gasteiger partial charge on any atom is 0.387 e. The van der Waals surface area contributed by atoms with Crippen molar-refractivity contribution in [1.82, 2.24) is 9.55 Å². The van der Waals surface area contributed by atoms with Gasteiger partial charge in [0.05, 0.1) is 23.7 Å². The van der Waals surface area contributed by atoms with E-state index in [1.807, 2.05) is 35.8 Å². The summed E-state index contributed by atoms with van der Waals surface area (Å²) in [6.07, 6.45) is -0.771. The number of para-hydroxylation sites is 2.